The number of carbonyl (C=O) groups is 1. The Bertz CT molecular complexity index is 1230. The van der Waals surface area contributed by atoms with E-state index in [1.165, 1.54) is 0 Å². The van der Waals surface area contributed by atoms with Crippen LogP contribution in [0.5, 0.6) is 5.75 Å². The normalized spacial score (nSPS) is 14.3. The molecule has 1 aromatic heterocycles. The number of phenols is 1. The van der Waals surface area contributed by atoms with Crippen LogP contribution in [0.2, 0.25) is 5.02 Å². The summed E-state index contributed by atoms with van der Waals surface area (Å²) in [6.45, 7) is 12.4. The Hall–Kier alpha value is -3.43. The van der Waals surface area contributed by atoms with E-state index in [4.69, 9.17) is 17.3 Å². The fourth-order valence-electron chi connectivity index (χ4n) is 4.60. The highest BCUT2D eigenvalue weighted by Gasteiger charge is 2.22. The first-order chi connectivity index (χ1) is 17.1. The maximum Gasteiger partial charge on any atom is 0.256 e. The molecule has 0 radical (unpaired) electrons. The van der Waals surface area contributed by atoms with Crippen molar-refractivity contribution in [1.29, 1.82) is 0 Å². The van der Waals surface area contributed by atoms with Crippen molar-refractivity contribution in [3.8, 4) is 5.75 Å². The van der Waals surface area contributed by atoms with Crippen molar-refractivity contribution in [3.05, 3.63) is 57.6 Å². The predicted molar refractivity (Wildman–Crippen MR) is 146 cm³/mol. The van der Waals surface area contributed by atoms with Crippen molar-refractivity contribution in [1.82, 2.24) is 15.1 Å². The molecule has 192 valence electrons. The minimum atomic E-state index is -0.613. The summed E-state index contributed by atoms with van der Waals surface area (Å²) in [7, 11) is 0. The average Bonchev–Trinajstić information content (AvgIpc) is 3.24. The number of amides is 1. The van der Waals surface area contributed by atoms with E-state index >= 15 is 0 Å². The number of aromatic nitrogens is 2. The highest BCUT2D eigenvalue weighted by molar-refractivity contribution is 6.33. The van der Waals surface area contributed by atoms with Crippen molar-refractivity contribution < 1.29 is 9.90 Å². The second-order valence-electron chi connectivity index (χ2n) is 9.53. The van der Waals surface area contributed by atoms with E-state index in [-0.39, 0.29) is 11.3 Å². The second-order valence-corrected chi connectivity index (χ2v) is 9.93. The zero-order valence-corrected chi connectivity index (χ0v) is 21.9. The fourth-order valence-corrected chi connectivity index (χ4v) is 4.90. The maximum absolute atomic E-state index is 12.3. The summed E-state index contributed by atoms with van der Waals surface area (Å²) < 4.78 is 0. The quantitative estimate of drug-likeness (QED) is 0.304. The molecule has 0 aliphatic carbocycles. The van der Waals surface area contributed by atoms with Crippen LogP contribution in [0.1, 0.15) is 40.9 Å². The molecule has 9 nitrogen and oxygen atoms in total. The molecule has 10 heteroatoms. The Kier molecular flexibility index (Phi) is 7.61. The number of hydrogen-bond acceptors (Lipinski definition) is 7. The third kappa shape index (κ3) is 5.52. The molecular weight excluding hydrogens is 478 g/mol. The van der Waals surface area contributed by atoms with Crippen LogP contribution in [0.25, 0.3) is 0 Å². The number of primary amides is 1. The number of carbonyl (C=O) groups excluding carboxylic acids is 1. The molecule has 6 N–H and O–H groups in total. The van der Waals surface area contributed by atoms with Gasteiger partial charge in [0.25, 0.3) is 5.91 Å². The number of piperazine rings is 1. The van der Waals surface area contributed by atoms with Crippen molar-refractivity contribution >= 4 is 40.5 Å². The van der Waals surface area contributed by atoms with Crippen LogP contribution >= 0.6 is 11.6 Å². The van der Waals surface area contributed by atoms with Gasteiger partial charge in [-0.05, 0) is 62.6 Å². The standard InChI is InChI=1S/C26H34ClN7O2/c1-15(2)33-7-9-34(10-8-33)21-6-5-19(13-20(21)27)30-26-22(24(28)36)25(31-32-26)29-14-18-11-16(3)23(35)17(4)12-18/h5-6,11-13,15,35H,7-10,14H2,1-4H3,(H2,28,36)(H3,29,30,31,32). The molecule has 36 heavy (non-hydrogen) atoms. The van der Waals surface area contributed by atoms with Gasteiger partial charge in [-0.1, -0.05) is 23.7 Å². The molecule has 1 aliphatic rings. The molecule has 1 saturated heterocycles. The molecular formula is C26H34ClN7O2. The lowest BCUT2D eigenvalue weighted by atomic mass is 10.1. The van der Waals surface area contributed by atoms with Gasteiger partial charge in [0.15, 0.2) is 5.82 Å². The summed E-state index contributed by atoms with van der Waals surface area (Å²) in [5.41, 5.74) is 10.1. The van der Waals surface area contributed by atoms with Gasteiger partial charge in [-0.25, -0.2) is 0 Å². The highest BCUT2D eigenvalue weighted by Crippen LogP contribution is 2.32. The Morgan fingerprint density at radius 2 is 1.83 bits per heavy atom. The molecule has 1 aliphatic heterocycles. The van der Waals surface area contributed by atoms with Gasteiger partial charge in [-0.15, -0.1) is 0 Å². The van der Waals surface area contributed by atoms with Crippen molar-refractivity contribution in [2.24, 2.45) is 5.73 Å². The first-order valence-corrected chi connectivity index (χ1v) is 12.5. The number of H-pyrrole nitrogens is 1. The van der Waals surface area contributed by atoms with Crippen LogP contribution < -0.4 is 21.3 Å². The lowest BCUT2D eigenvalue weighted by molar-refractivity contribution is 0.100. The van der Waals surface area contributed by atoms with Gasteiger partial charge < -0.3 is 26.4 Å². The van der Waals surface area contributed by atoms with Gasteiger partial charge >= 0.3 is 0 Å². The van der Waals surface area contributed by atoms with Crippen LogP contribution in [0, 0.1) is 13.8 Å². The van der Waals surface area contributed by atoms with Crippen LogP contribution in [0.15, 0.2) is 30.3 Å². The number of aromatic hydroxyl groups is 1. The number of nitrogens with two attached hydrogens (primary N) is 1. The van der Waals surface area contributed by atoms with Gasteiger partial charge in [0.05, 0.1) is 10.7 Å². The number of benzene rings is 2. The maximum atomic E-state index is 12.3. The van der Waals surface area contributed by atoms with Gasteiger partial charge in [0.1, 0.15) is 17.1 Å². The summed E-state index contributed by atoms with van der Waals surface area (Å²) in [6, 6.07) is 10.1. The number of halogens is 1. The summed E-state index contributed by atoms with van der Waals surface area (Å²) in [5.74, 6) is 0.402. The van der Waals surface area contributed by atoms with Gasteiger partial charge in [0, 0.05) is 44.5 Å². The number of phenolic OH excluding ortho intramolecular Hbond substituents is 1. The average molecular weight is 512 g/mol. The van der Waals surface area contributed by atoms with Crippen LogP contribution in [-0.4, -0.2) is 58.3 Å². The zero-order valence-electron chi connectivity index (χ0n) is 21.2. The van der Waals surface area contributed by atoms with E-state index in [9.17, 15) is 9.90 Å². The number of nitrogens with one attached hydrogen (secondary N) is 3. The number of hydrogen-bond donors (Lipinski definition) is 5. The van der Waals surface area contributed by atoms with E-state index in [1.54, 1.807) is 0 Å². The lowest BCUT2D eigenvalue weighted by Gasteiger charge is -2.38. The number of nitrogens with zero attached hydrogens (tertiary/aromatic N) is 3. The molecule has 1 amide bonds. The molecule has 4 rings (SSSR count). The van der Waals surface area contributed by atoms with Crippen LogP contribution in [-0.2, 0) is 6.54 Å². The molecule has 0 saturated carbocycles. The first kappa shape index (κ1) is 25.7. The Morgan fingerprint density at radius 3 is 2.42 bits per heavy atom. The van der Waals surface area contributed by atoms with Gasteiger partial charge in [-0.3, -0.25) is 14.8 Å². The van der Waals surface area contributed by atoms with Crippen LogP contribution in [0.4, 0.5) is 23.0 Å². The molecule has 1 fully saturated rings. The van der Waals surface area contributed by atoms with E-state index < -0.39 is 5.91 Å². The van der Waals surface area contributed by atoms with E-state index in [0.29, 0.717) is 34.9 Å². The summed E-state index contributed by atoms with van der Waals surface area (Å²) in [6.07, 6.45) is 0. The fraction of sp³-hybridized carbons (Fsp3) is 0.385. The zero-order chi connectivity index (χ0) is 26.0. The van der Waals surface area contributed by atoms with Crippen molar-refractivity contribution in [2.75, 3.05) is 41.7 Å². The van der Waals surface area contributed by atoms with Gasteiger partial charge in [-0.2, -0.15) is 5.10 Å². The van der Waals surface area contributed by atoms with Crippen molar-refractivity contribution in [3.63, 3.8) is 0 Å². The molecule has 3 aromatic rings. The number of aryl methyl sites for hydroxylation is 2. The van der Waals surface area contributed by atoms with Gasteiger partial charge in [0.2, 0.25) is 0 Å². The monoisotopic (exact) mass is 511 g/mol. The Balaban J connectivity index is 1.47. The second kappa shape index (κ2) is 10.7. The Morgan fingerprint density at radius 1 is 1.17 bits per heavy atom. The number of anilines is 4. The van der Waals surface area contributed by atoms with Crippen molar-refractivity contribution in [2.45, 2.75) is 40.3 Å². The van der Waals surface area contributed by atoms with E-state index in [0.717, 1.165) is 48.6 Å². The largest absolute Gasteiger partial charge is 0.507 e. The number of aromatic amines is 1. The molecule has 2 aromatic carbocycles. The third-order valence-corrected chi connectivity index (χ3v) is 6.93. The molecule has 0 unspecified atom stereocenters. The summed E-state index contributed by atoms with van der Waals surface area (Å²) >= 11 is 6.65. The smallest absolute Gasteiger partial charge is 0.256 e. The number of rotatable bonds is 8. The summed E-state index contributed by atoms with van der Waals surface area (Å²) in [5, 5.41) is 24.1. The first-order valence-electron chi connectivity index (χ1n) is 12.1. The van der Waals surface area contributed by atoms with E-state index in [1.807, 2.05) is 44.2 Å². The minimum absolute atomic E-state index is 0.229. The molecule has 0 spiro atoms. The lowest BCUT2D eigenvalue weighted by Crippen LogP contribution is -2.49. The summed E-state index contributed by atoms with van der Waals surface area (Å²) in [4.78, 5) is 17.0. The Labute approximate surface area is 216 Å². The topological polar surface area (TPSA) is 123 Å². The molecule has 0 bridgehead atoms. The third-order valence-electron chi connectivity index (χ3n) is 6.63. The SMILES string of the molecule is Cc1cc(CNc2n[nH]c(Nc3ccc(N4CCN(C(C)C)CC4)c(Cl)c3)c2C(N)=O)cc(C)c1O. The van der Waals surface area contributed by atoms with E-state index in [2.05, 4.69) is 44.5 Å². The molecule has 0 atom stereocenters. The highest BCUT2D eigenvalue weighted by atomic mass is 35.5. The minimum Gasteiger partial charge on any atom is -0.507 e. The van der Waals surface area contributed by atoms with Crippen LogP contribution in [0.3, 0.4) is 0 Å². The molecule has 2 heterocycles. The predicted octanol–water partition coefficient (Wildman–Crippen LogP) is 4.37.